The summed E-state index contributed by atoms with van der Waals surface area (Å²) in [5.41, 5.74) is 2.36. The molecule has 0 aliphatic carbocycles. The minimum absolute atomic E-state index is 0.166. The van der Waals surface area contributed by atoms with E-state index in [0.29, 0.717) is 11.1 Å². The van der Waals surface area contributed by atoms with Crippen LogP contribution >= 0.6 is 0 Å². The second-order valence-corrected chi connectivity index (χ2v) is 8.07. The third-order valence-corrected chi connectivity index (χ3v) is 6.31. The minimum atomic E-state index is -0.756. The fourth-order valence-electron chi connectivity index (χ4n) is 4.75. The highest BCUT2D eigenvalue weighted by Crippen LogP contribution is 2.57. The number of amides is 2. The zero-order valence-electron chi connectivity index (χ0n) is 16.7. The van der Waals surface area contributed by atoms with Gasteiger partial charge in [-0.3, -0.25) is 14.5 Å². The Bertz CT molecular complexity index is 1280. The van der Waals surface area contributed by atoms with E-state index < -0.39 is 5.60 Å². The van der Waals surface area contributed by atoms with Crippen LogP contribution in [0.5, 0.6) is 0 Å². The monoisotopic (exact) mass is 405 g/mol. The summed E-state index contributed by atoms with van der Waals surface area (Å²) in [6, 6.07) is 31.0. The maximum absolute atomic E-state index is 13.4. The summed E-state index contributed by atoms with van der Waals surface area (Å²) in [6.45, 7) is 0.166. The first-order chi connectivity index (χ1) is 15.2. The predicted octanol–water partition coefficient (Wildman–Crippen LogP) is 5.10. The summed E-state index contributed by atoms with van der Waals surface area (Å²) in [5.74, 6) is -0.543. The summed E-state index contributed by atoms with van der Waals surface area (Å²) >= 11 is 0. The molecule has 4 heteroatoms. The number of hydrogen-bond donors (Lipinski definition) is 0. The molecule has 4 nitrogen and oxygen atoms in total. The number of epoxide rings is 1. The maximum atomic E-state index is 13.4. The molecule has 4 aromatic carbocycles. The number of carbonyl (C=O) groups excluding carboxylic acids is 2. The van der Waals surface area contributed by atoms with Gasteiger partial charge in [-0.25, -0.2) is 0 Å². The van der Waals surface area contributed by atoms with Gasteiger partial charge in [0.15, 0.2) is 0 Å². The Morgan fingerprint density at radius 2 is 1.29 bits per heavy atom. The Kier molecular flexibility index (Phi) is 3.86. The van der Waals surface area contributed by atoms with Gasteiger partial charge in [-0.05, 0) is 28.6 Å². The molecule has 6 rings (SSSR count). The Hall–Kier alpha value is -3.76. The van der Waals surface area contributed by atoms with Crippen LogP contribution in [0.25, 0.3) is 10.8 Å². The standard InChI is InChI=1S/C27H19NO3/c29-25-21-15-7-11-18-12-8-16-22(23(18)21)26(30)28(25)17-27(20-13-5-2-6-14-20)24(31-27)19-9-3-1-4-10-19/h1-16,24H,17H2. The average molecular weight is 405 g/mol. The SMILES string of the molecule is O=C1c2cccc3cccc(c23)C(=O)N1CC1(c2ccccc2)OC1c1ccccc1. The number of imide groups is 1. The van der Waals surface area contributed by atoms with Crippen molar-refractivity contribution in [2.75, 3.05) is 6.54 Å². The highest BCUT2D eigenvalue weighted by molar-refractivity contribution is 6.25. The van der Waals surface area contributed by atoms with Gasteiger partial charge in [0.25, 0.3) is 11.8 Å². The van der Waals surface area contributed by atoms with Crippen molar-refractivity contribution in [3.63, 3.8) is 0 Å². The van der Waals surface area contributed by atoms with Crippen LogP contribution in [0.15, 0.2) is 97.1 Å². The number of nitrogens with zero attached hydrogens (tertiary/aromatic N) is 1. The molecule has 0 radical (unpaired) electrons. The summed E-state index contributed by atoms with van der Waals surface area (Å²) in [6.07, 6.45) is -0.218. The second-order valence-electron chi connectivity index (χ2n) is 8.07. The van der Waals surface area contributed by atoms with Crippen LogP contribution in [0.2, 0.25) is 0 Å². The lowest BCUT2D eigenvalue weighted by atomic mass is 9.89. The van der Waals surface area contributed by atoms with Crippen molar-refractivity contribution < 1.29 is 14.3 Å². The van der Waals surface area contributed by atoms with Gasteiger partial charge in [-0.15, -0.1) is 0 Å². The van der Waals surface area contributed by atoms with Gasteiger partial charge in [0.1, 0.15) is 11.7 Å². The van der Waals surface area contributed by atoms with E-state index in [0.717, 1.165) is 21.9 Å². The lowest BCUT2D eigenvalue weighted by Gasteiger charge is -2.29. The molecule has 31 heavy (non-hydrogen) atoms. The number of carbonyl (C=O) groups is 2. The molecule has 4 aromatic rings. The van der Waals surface area contributed by atoms with Gasteiger partial charge >= 0.3 is 0 Å². The van der Waals surface area contributed by atoms with Gasteiger partial charge in [-0.1, -0.05) is 84.9 Å². The van der Waals surface area contributed by atoms with Crippen LogP contribution in [-0.2, 0) is 10.3 Å². The largest absolute Gasteiger partial charge is 0.354 e. The van der Waals surface area contributed by atoms with E-state index in [4.69, 9.17) is 4.74 Å². The van der Waals surface area contributed by atoms with Crippen molar-refractivity contribution in [1.29, 1.82) is 0 Å². The van der Waals surface area contributed by atoms with Crippen molar-refractivity contribution in [1.82, 2.24) is 4.90 Å². The Balaban J connectivity index is 1.44. The maximum Gasteiger partial charge on any atom is 0.261 e. The molecule has 2 atom stereocenters. The molecule has 1 fully saturated rings. The van der Waals surface area contributed by atoms with Gasteiger partial charge in [0.2, 0.25) is 0 Å². The summed E-state index contributed by atoms with van der Waals surface area (Å²) in [5, 5.41) is 1.64. The predicted molar refractivity (Wildman–Crippen MR) is 118 cm³/mol. The van der Waals surface area contributed by atoms with Crippen molar-refractivity contribution in [3.8, 4) is 0 Å². The zero-order valence-corrected chi connectivity index (χ0v) is 16.7. The molecule has 2 aliphatic heterocycles. The highest BCUT2D eigenvalue weighted by atomic mass is 16.6. The third kappa shape index (κ3) is 2.65. The Labute approximate surface area is 179 Å². The number of ether oxygens (including phenoxy) is 1. The van der Waals surface area contributed by atoms with Crippen molar-refractivity contribution >= 4 is 22.6 Å². The van der Waals surface area contributed by atoms with Crippen molar-refractivity contribution in [2.24, 2.45) is 0 Å². The summed E-state index contributed by atoms with van der Waals surface area (Å²) in [7, 11) is 0. The van der Waals surface area contributed by atoms with Crippen LogP contribution in [0.3, 0.4) is 0 Å². The van der Waals surface area contributed by atoms with E-state index in [-0.39, 0.29) is 24.5 Å². The smallest absolute Gasteiger partial charge is 0.261 e. The Morgan fingerprint density at radius 3 is 1.90 bits per heavy atom. The normalized spacial score (nSPS) is 22.1. The molecule has 0 N–H and O–H groups in total. The van der Waals surface area contributed by atoms with Gasteiger partial charge in [0, 0.05) is 16.5 Å². The fourth-order valence-corrected chi connectivity index (χ4v) is 4.75. The van der Waals surface area contributed by atoms with E-state index >= 15 is 0 Å². The topological polar surface area (TPSA) is 49.9 Å². The molecule has 150 valence electrons. The van der Waals surface area contributed by atoms with E-state index in [1.165, 1.54) is 4.90 Å². The molecule has 0 aromatic heterocycles. The van der Waals surface area contributed by atoms with E-state index in [1.54, 1.807) is 12.1 Å². The first kappa shape index (κ1) is 18.0. The molecular weight excluding hydrogens is 386 g/mol. The molecule has 2 unspecified atom stereocenters. The molecular formula is C27H19NO3. The van der Waals surface area contributed by atoms with E-state index in [9.17, 15) is 9.59 Å². The number of hydrogen-bond acceptors (Lipinski definition) is 3. The van der Waals surface area contributed by atoms with Gasteiger partial charge in [-0.2, -0.15) is 0 Å². The van der Waals surface area contributed by atoms with Crippen molar-refractivity contribution in [2.45, 2.75) is 11.7 Å². The number of rotatable bonds is 4. The van der Waals surface area contributed by atoms with Gasteiger partial charge < -0.3 is 4.74 Å². The number of benzene rings is 4. The first-order valence-corrected chi connectivity index (χ1v) is 10.4. The minimum Gasteiger partial charge on any atom is -0.354 e. The third-order valence-electron chi connectivity index (χ3n) is 6.31. The molecule has 1 saturated heterocycles. The fraction of sp³-hybridized carbons (Fsp3) is 0.111. The Morgan fingerprint density at radius 1 is 0.710 bits per heavy atom. The molecule has 2 aliphatic rings. The molecule has 0 spiro atoms. The van der Waals surface area contributed by atoms with E-state index in [1.807, 2.05) is 84.9 Å². The first-order valence-electron chi connectivity index (χ1n) is 10.4. The van der Waals surface area contributed by atoms with Crippen molar-refractivity contribution in [3.05, 3.63) is 119 Å². The molecule has 0 saturated carbocycles. The summed E-state index contributed by atoms with van der Waals surface area (Å²) in [4.78, 5) is 28.2. The molecule has 0 bridgehead atoms. The molecule has 2 amide bonds. The van der Waals surface area contributed by atoms with Crippen LogP contribution in [0.4, 0.5) is 0 Å². The van der Waals surface area contributed by atoms with Crippen LogP contribution in [0.1, 0.15) is 37.9 Å². The van der Waals surface area contributed by atoms with Gasteiger partial charge in [0.05, 0.1) is 6.54 Å². The lowest BCUT2D eigenvalue weighted by Crippen LogP contribution is -2.45. The highest BCUT2D eigenvalue weighted by Gasteiger charge is 2.60. The lowest BCUT2D eigenvalue weighted by molar-refractivity contribution is 0.0564. The van der Waals surface area contributed by atoms with Crippen LogP contribution < -0.4 is 0 Å². The molecule has 2 heterocycles. The summed E-state index contributed by atoms with van der Waals surface area (Å²) < 4.78 is 6.29. The zero-order chi connectivity index (χ0) is 21.0. The van der Waals surface area contributed by atoms with Crippen LogP contribution in [-0.4, -0.2) is 23.3 Å². The van der Waals surface area contributed by atoms with E-state index in [2.05, 4.69) is 0 Å². The quantitative estimate of drug-likeness (QED) is 0.350. The average Bonchev–Trinajstić information content (AvgIpc) is 3.57. The second kappa shape index (κ2) is 6.62. The van der Waals surface area contributed by atoms with Crippen LogP contribution in [0, 0.1) is 0 Å².